The van der Waals surface area contributed by atoms with Crippen molar-refractivity contribution < 1.29 is 9.53 Å². The van der Waals surface area contributed by atoms with Gasteiger partial charge >= 0.3 is 6.09 Å². The van der Waals surface area contributed by atoms with Crippen LogP contribution < -0.4 is 0 Å². The first-order valence-corrected chi connectivity index (χ1v) is 10.7. The Hall–Kier alpha value is -1.87. The van der Waals surface area contributed by atoms with E-state index < -0.39 is 0 Å². The summed E-state index contributed by atoms with van der Waals surface area (Å²) in [5.74, 6) is 0.823. The molecule has 1 aliphatic heterocycles. The van der Waals surface area contributed by atoms with Crippen LogP contribution in [0.3, 0.4) is 0 Å². The van der Waals surface area contributed by atoms with E-state index in [0.29, 0.717) is 5.15 Å². The number of carbonyl (C=O) groups excluding carboxylic acids is 1. The maximum atomic E-state index is 13.0. The minimum Gasteiger partial charge on any atom is -0.445 e. The molecule has 1 aromatic carbocycles. The number of carbonyl (C=O) groups is 1. The van der Waals surface area contributed by atoms with Crippen LogP contribution in [0.4, 0.5) is 4.79 Å². The summed E-state index contributed by atoms with van der Waals surface area (Å²) in [7, 11) is 0. The fraction of sp³-hybridized carbons (Fsp3) is 0.350. The van der Waals surface area contributed by atoms with Gasteiger partial charge in [0.25, 0.3) is 0 Å². The molecular weight excluding hydrogens is 491 g/mol. The summed E-state index contributed by atoms with van der Waals surface area (Å²) in [6.07, 6.45) is 6.43. The molecule has 2 aromatic heterocycles. The number of likely N-dealkylation sites (tertiary alicyclic amines) is 1. The van der Waals surface area contributed by atoms with Crippen LogP contribution in [0.5, 0.6) is 0 Å². The Morgan fingerprint density at radius 1 is 1.32 bits per heavy atom. The number of imidazole rings is 1. The van der Waals surface area contributed by atoms with Crippen LogP contribution in [-0.2, 0) is 11.3 Å². The first kappa shape index (κ1) is 18.2. The van der Waals surface area contributed by atoms with Crippen LogP contribution in [0.15, 0.2) is 42.7 Å². The van der Waals surface area contributed by atoms with Gasteiger partial charge in [-0.3, -0.25) is 9.30 Å². The maximum absolute atomic E-state index is 13.0. The Kier molecular flexibility index (Phi) is 4.46. The molecule has 5 rings (SSSR count). The third-order valence-corrected chi connectivity index (χ3v) is 6.73. The highest BCUT2D eigenvalue weighted by Gasteiger charge is 2.55. The van der Waals surface area contributed by atoms with Crippen molar-refractivity contribution in [3.63, 3.8) is 0 Å². The molecule has 1 saturated heterocycles. The van der Waals surface area contributed by atoms with Gasteiger partial charge in [-0.15, -0.1) is 0 Å². The Morgan fingerprint density at radius 2 is 2.11 bits per heavy atom. The van der Waals surface area contributed by atoms with Gasteiger partial charge in [0.1, 0.15) is 21.6 Å². The molecule has 0 N–H and O–H groups in total. The molecule has 1 saturated carbocycles. The lowest BCUT2D eigenvalue weighted by Gasteiger charge is -2.23. The fourth-order valence-corrected chi connectivity index (χ4v) is 5.20. The smallest absolute Gasteiger partial charge is 0.410 e. The van der Waals surface area contributed by atoms with Gasteiger partial charge in [-0.05, 0) is 52.8 Å². The second-order valence-electron chi connectivity index (χ2n) is 7.59. The number of amides is 1. The number of fused-ring (bicyclic) bond motifs is 1. The normalized spacial score (nSPS) is 20.1. The number of halogens is 2. The number of rotatable bonds is 3. The van der Waals surface area contributed by atoms with Crippen LogP contribution in [-0.4, -0.2) is 31.9 Å². The molecule has 2 aliphatic rings. The van der Waals surface area contributed by atoms with Gasteiger partial charge in [-0.25, -0.2) is 14.8 Å². The van der Waals surface area contributed by atoms with Gasteiger partial charge in [0, 0.05) is 18.9 Å². The van der Waals surface area contributed by atoms with Gasteiger partial charge in [-0.1, -0.05) is 41.9 Å². The third kappa shape index (κ3) is 3.14. The van der Waals surface area contributed by atoms with E-state index in [1.54, 1.807) is 6.20 Å². The Morgan fingerprint density at radius 3 is 2.86 bits per heavy atom. The Bertz CT molecular complexity index is 1050. The summed E-state index contributed by atoms with van der Waals surface area (Å²) in [5.41, 5.74) is 1.98. The number of hydrogen-bond acceptors (Lipinski definition) is 4. The minimum absolute atomic E-state index is 0.125. The molecule has 0 bridgehead atoms. The zero-order chi connectivity index (χ0) is 19.3. The molecule has 1 spiro atoms. The van der Waals surface area contributed by atoms with Crippen molar-refractivity contribution in [3.8, 4) is 0 Å². The highest BCUT2D eigenvalue weighted by Crippen LogP contribution is 2.58. The molecule has 0 unspecified atom stereocenters. The van der Waals surface area contributed by atoms with Crippen LogP contribution >= 0.6 is 34.2 Å². The van der Waals surface area contributed by atoms with Gasteiger partial charge < -0.3 is 4.74 Å². The van der Waals surface area contributed by atoms with Crippen LogP contribution in [0.2, 0.25) is 5.15 Å². The van der Waals surface area contributed by atoms with Crippen molar-refractivity contribution in [3.05, 3.63) is 63.0 Å². The fourth-order valence-electron chi connectivity index (χ4n) is 4.04. The topological polar surface area (TPSA) is 59.7 Å². The molecule has 3 heterocycles. The first-order chi connectivity index (χ1) is 13.6. The Labute approximate surface area is 181 Å². The standard InChI is InChI=1S/C20H18ClIN4O2/c21-16-15-17(22)24-18(25(15)9-8-23-16)14-10-20(6-7-20)12-26(14)19(27)28-11-13-4-2-1-3-5-13/h1-5,8-9,14H,6-7,10-12H2/t14-/m0/s1. The number of ether oxygens (including phenoxy) is 1. The minimum atomic E-state index is -0.287. The molecular formula is C20H18ClIN4O2. The molecule has 0 radical (unpaired) electrons. The zero-order valence-electron chi connectivity index (χ0n) is 15.0. The average Bonchev–Trinajstić information content (AvgIpc) is 3.21. The predicted octanol–water partition coefficient (Wildman–Crippen LogP) is 4.85. The van der Waals surface area contributed by atoms with Crippen molar-refractivity contribution >= 4 is 45.8 Å². The Balaban J connectivity index is 1.45. The van der Waals surface area contributed by atoms with Crippen molar-refractivity contribution in [2.75, 3.05) is 6.54 Å². The van der Waals surface area contributed by atoms with E-state index in [1.165, 1.54) is 0 Å². The third-order valence-electron chi connectivity index (χ3n) is 5.70. The van der Waals surface area contributed by atoms with Gasteiger partial charge in [0.2, 0.25) is 0 Å². The lowest BCUT2D eigenvalue weighted by molar-refractivity contribution is 0.0897. The van der Waals surface area contributed by atoms with Crippen LogP contribution in [0.1, 0.15) is 36.7 Å². The molecule has 28 heavy (non-hydrogen) atoms. The highest BCUT2D eigenvalue weighted by molar-refractivity contribution is 14.1. The summed E-state index contributed by atoms with van der Waals surface area (Å²) >= 11 is 8.46. The second-order valence-corrected chi connectivity index (χ2v) is 8.97. The van der Waals surface area contributed by atoms with Gasteiger partial charge in [0.05, 0.1) is 6.04 Å². The van der Waals surface area contributed by atoms with Crippen molar-refractivity contribution in [2.45, 2.75) is 31.9 Å². The number of nitrogens with zero attached hydrogens (tertiary/aromatic N) is 4. The van der Waals surface area contributed by atoms with E-state index in [-0.39, 0.29) is 24.2 Å². The summed E-state index contributed by atoms with van der Waals surface area (Å²) in [6.45, 7) is 0.987. The summed E-state index contributed by atoms with van der Waals surface area (Å²) in [4.78, 5) is 23.7. The monoisotopic (exact) mass is 508 g/mol. The summed E-state index contributed by atoms with van der Waals surface area (Å²) in [6, 6.07) is 9.62. The van der Waals surface area contributed by atoms with Crippen LogP contribution in [0, 0.1) is 9.12 Å². The predicted molar refractivity (Wildman–Crippen MR) is 113 cm³/mol. The van der Waals surface area contributed by atoms with E-state index >= 15 is 0 Å². The lowest BCUT2D eigenvalue weighted by Crippen LogP contribution is -2.32. The molecule has 8 heteroatoms. The molecule has 144 valence electrons. The largest absolute Gasteiger partial charge is 0.445 e. The molecule has 1 aliphatic carbocycles. The second kappa shape index (κ2) is 6.88. The number of benzene rings is 1. The SMILES string of the molecule is O=C(OCc1ccccc1)N1CC2(CC2)C[C@H]1c1nc(I)c2c(Cl)nccn12. The zero-order valence-corrected chi connectivity index (χ0v) is 17.9. The molecule has 2 fully saturated rings. The molecule has 6 nitrogen and oxygen atoms in total. The van der Waals surface area contributed by atoms with E-state index in [4.69, 9.17) is 21.3 Å². The van der Waals surface area contributed by atoms with E-state index in [9.17, 15) is 4.79 Å². The average molecular weight is 509 g/mol. The summed E-state index contributed by atoms with van der Waals surface area (Å²) < 4.78 is 8.39. The quantitative estimate of drug-likeness (QED) is 0.475. The van der Waals surface area contributed by atoms with Crippen molar-refractivity contribution in [2.24, 2.45) is 5.41 Å². The van der Waals surface area contributed by atoms with E-state index in [2.05, 4.69) is 27.6 Å². The van der Waals surface area contributed by atoms with Crippen molar-refractivity contribution in [1.29, 1.82) is 0 Å². The maximum Gasteiger partial charge on any atom is 0.410 e. The molecule has 3 aromatic rings. The van der Waals surface area contributed by atoms with Gasteiger partial charge in [0.15, 0.2) is 5.15 Å². The number of hydrogen-bond donors (Lipinski definition) is 0. The van der Waals surface area contributed by atoms with Gasteiger partial charge in [-0.2, -0.15) is 0 Å². The van der Waals surface area contributed by atoms with Crippen molar-refractivity contribution in [1.82, 2.24) is 19.3 Å². The van der Waals surface area contributed by atoms with E-state index in [1.807, 2.05) is 45.8 Å². The highest BCUT2D eigenvalue weighted by atomic mass is 127. The number of aromatic nitrogens is 3. The molecule has 1 amide bonds. The molecule has 1 atom stereocenters. The lowest BCUT2D eigenvalue weighted by atomic mass is 10.0. The first-order valence-electron chi connectivity index (χ1n) is 9.22. The van der Waals surface area contributed by atoms with E-state index in [0.717, 1.165) is 46.4 Å². The summed E-state index contributed by atoms with van der Waals surface area (Å²) in [5, 5.41) is 0.419. The van der Waals surface area contributed by atoms with Crippen LogP contribution in [0.25, 0.3) is 5.52 Å².